The zero-order chi connectivity index (χ0) is 24.6. The first-order valence-corrected chi connectivity index (χ1v) is 12.3. The van der Waals surface area contributed by atoms with Crippen LogP contribution in [0.25, 0.3) is 0 Å². The minimum Gasteiger partial charge on any atom is -0.366 e. The van der Waals surface area contributed by atoms with Crippen LogP contribution >= 0.6 is 0 Å². The molecule has 3 atom stereocenters. The van der Waals surface area contributed by atoms with Crippen molar-refractivity contribution in [3.05, 3.63) is 47.4 Å². The summed E-state index contributed by atoms with van der Waals surface area (Å²) >= 11 is 0. The number of hydrogen-bond donors (Lipinski definition) is 1. The van der Waals surface area contributed by atoms with Crippen molar-refractivity contribution in [2.24, 2.45) is 5.92 Å². The van der Waals surface area contributed by atoms with Gasteiger partial charge in [0, 0.05) is 38.0 Å². The molecule has 0 spiro atoms. The maximum atomic E-state index is 13.7. The van der Waals surface area contributed by atoms with Gasteiger partial charge >= 0.3 is 6.03 Å². The molecule has 5 rings (SSSR count). The molecular formula is C25H32FN5O4. The molecular weight excluding hydrogens is 453 g/mol. The van der Waals surface area contributed by atoms with Crippen molar-refractivity contribution in [2.45, 2.75) is 57.1 Å². The maximum Gasteiger partial charge on any atom is 0.320 e. The number of fused-ring (bicyclic) bond motifs is 1. The predicted octanol–water partition coefficient (Wildman–Crippen LogP) is 2.44. The number of aryl methyl sites for hydroxylation is 1. The summed E-state index contributed by atoms with van der Waals surface area (Å²) in [5.41, 5.74) is 0.679. The predicted molar refractivity (Wildman–Crippen MR) is 124 cm³/mol. The lowest BCUT2D eigenvalue weighted by Gasteiger charge is -2.45. The number of nitrogens with zero attached hydrogens (tertiary/aromatic N) is 4. The van der Waals surface area contributed by atoms with E-state index >= 15 is 0 Å². The first-order valence-electron chi connectivity index (χ1n) is 12.3. The lowest BCUT2D eigenvalue weighted by Crippen LogP contribution is -2.62. The third-order valence-electron chi connectivity index (χ3n) is 7.85. The molecule has 10 heteroatoms. The normalized spacial score (nSPS) is 25.1. The van der Waals surface area contributed by atoms with Gasteiger partial charge in [-0.25, -0.2) is 9.18 Å². The summed E-state index contributed by atoms with van der Waals surface area (Å²) in [7, 11) is 0. The third-order valence-corrected chi connectivity index (χ3v) is 7.85. The number of rotatable bonds is 4. The second-order valence-corrected chi connectivity index (χ2v) is 10.1. The van der Waals surface area contributed by atoms with Gasteiger partial charge in [-0.1, -0.05) is 24.2 Å². The number of urea groups is 1. The highest BCUT2D eigenvalue weighted by Crippen LogP contribution is 2.41. The summed E-state index contributed by atoms with van der Waals surface area (Å²) in [4.78, 5) is 33.1. The summed E-state index contributed by atoms with van der Waals surface area (Å²) < 4.78 is 24.7. The van der Waals surface area contributed by atoms with Crippen molar-refractivity contribution in [1.82, 2.24) is 25.3 Å². The van der Waals surface area contributed by atoms with Crippen LogP contribution in [0.2, 0.25) is 0 Å². The number of carbonyl (C=O) groups is 2. The number of morpholine rings is 1. The van der Waals surface area contributed by atoms with Crippen LogP contribution in [-0.4, -0.2) is 76.8 Å². The van der Waals surface area contributed by atoms with Crippen LogP contribution in [0.15, 0.2) is 28.8 Å². The first kappa shape index (κ1) is 23.7. The lowest BCUT2D eigenvalue weighted by molar-refractivity contribution is -0.139. The van der Waals surface area contributed by atoms with E-state index in [4.69, 9.17) is 9.26 Å². The Bertz CT molecular complexity index is 1070. The summed E-state index contributed by atoms with van der Waals surface area (Å²) in [6.07, 6.45) is 2.87. The monoisotopic (exact) mass is 485 g/mol. The van der Waals surface area contributed by atoms with Gasteiger partial charge < -0.3 is 24.4 Å². The fraction of sp³-hybridized carbons (Fsp3) is 0.600. The molecule has 0 aliphatic carbocycles. The molecule has 1 N–H and O–H groups in total. The Morgan fingerprint density at radius 2 is 1.89 bits per heavy atom. The van der Waals surface area contributed by atoms with Crippen molar-refractivity contribution < 1.29 is 23.2 Å². The van der Waals surface area contributed by atoms with E-state index in [1.165, 1.54) is 12.1 Å². The minimum absolute atomic E-state index is 0.0118. The Hall–Kier alpha value is -3.01. The van der Waals surface area contributed by atoms with Crippen LogP contribution in [0, 0.1) is 18.7 Å². The highest BCUT2D eigenvalue weighted by atomic mass is 19.1. The number of nitrogens with one attached hydrogen (secondary N) is 1. The van der Waals surface area contributed by atoms with Gasteiger partial charge in [0.05, 0.1) is 12.1 Å². The number of likely N-dealkylation sites (tertiary alicyclic amines) is 2. The van der Waals surface area contributed by atoms with Gasteiger partial charge in [0.1, 0.15) is 12.4 Å². The third kappa shape index (κ3) is 4.89. The Kier molecular flexibility index (Phi) is 6.48. The van der Waals surface area contributed by atoms with Gasteiger partial charge in [-0.3, -0.25) is 4.79 Å². The van der Waals surface area contributed by atoms with Crippen LogP contribution in [0.1, 0.15) is 43.5 Å². The SMILES string of the molecule is Cc1noc(CC(C)(c2ccc(F)cc2)C2CCN(C(=O)N3CC[C@@H]4OCC(=O)N[C@@H]4C3)CC2)n1. The molecule has 1 aromatic heterocycles. The Labute approximate surface area is 204 Å². The zero-order valence-corrected chi connectivity index (χ0v) is 20.2. The van der Waals surface area contributed by atoms with E-state index in [0.29, 0.717) is 44.3 Å². The summed E-state index contributed by atoms with van der Waals surface area (Å²) in [5.74, 6) is 1.00. The highest BCUT2D eigenvalue weighted by Gasteiger charge is 2.42. The average molecular weight is 486 g/mol. The second kappa shape index (κ2) is 9.56. The average Bonchev–Trinajstić information content (AvgIpc) is 3.27. The van der Waals surface area contributed by atoms with E-state index in [9.17, 15) is 14.0 Å². The fourth-order valence-electron chi connectivity index (χ4n) is 5.82. The fourth-order valence-corrected chi connectivity index (χ4v) is 5.82. The number of amides is 3. The maximum absolute atomic E-state index is 13.7. The molecule has 2 aromatic rings. The van der Waals surface area contributed by atoms with Crippen molar-refractivity contribution in [3.8, 4) is 0 Å². The number of halogens is 1. The van der Waals surface area contributed by atoms with E-state index in [2.05, 4.69) is 22.4 Å². The number of aromatic nitrogens is 2. The topological polar surface area (TPSA) is 101 Å². The van der Waals surface area contributed by atoms with E-state index in [-0.39, 0.29) is 47.8 Å². The molecule has 0 saturated carbocycles. The molecule has 35 heavy (non-hydrogen) atoms. The van der Waals surface area contributed by atoms with Crippen molar-refractivity contribution >= 4 is 11.9 Å². The van der Waals surface area contributed by atoms with Gasteiger partial charge in [-0.05, 0) is 49.8 Å². The Morgan fingerprint density at radius 3 is 2.57 bits per heavy atom. The number of piperidine rings is 2. The standard InChI is InChI=1S/C25H32FN5O4/c1-16-27-23(35-29-16)13-25(2,17-3-5-19(26)6-4-17)18-7-10-30(11-8-18)24(33)31-12-9-21-20(14-31)28-22(32)15-34-21/h3-6,18,20-21H,7-15H2,1-2H3,(H,28,32)/t20-,21+,25?/m1/s1. The smallest absolute Gasteiger partial charge is 0.320 e. The number of benzene rings is 1. The molecule has 3 aliphatic rings. The van der Waals surface area contributed by atoms with E-state index in [1.807, 2.05) is 21.9 Å². The number of hydrogen-bond acceptors (Lipinski definition) is 6. The molecule has 4 heterocycles. The van der Waals surface area contributed by atoms with Crippen molar-refractivity contribution in [2.75, 3.05) is 32.8 Å². The lowest BCUT2D eigenvalue weighted by atomic mass is 9.66. The molecule has 3 aliphatic heterocycles. The number of ether oxygens (including phenoxy) is 1. The van der Waals surface area contributed by atoms with Gasteiger partial charge in [0.15, 0.2) is 5.82 Å². The van der Waals surface area contributed by atoms with E-state index in [1.54, 1.807) is 6.92 Å². The van der Waals surface area contributed by atoms with E-state index < -0.39 is 0 Å². The van der Waals surface area contributed by atoms with Crippen LogP contribution in [0.4, 0.5) is 9.18 Å². The molecule has 1 aromatic carbocycles. The molecule has 3 amide bonds. The molecule has 1 unspecified atom stereocenters. The highest BCUT2D eigenvalue weighted by molar-refractivity contribution is 5.79. The van der Waals surface area contributed by atoms with Gasteiger partial charge in [0.2, 0.25) is 11.8 Å². The van der Waals surface area contributed by atoms with Crippen LogP contribution in [0.3, 0.4) is 0 Å². The molecule has 3 saturated heterocycles. The van der Waals surface area contributed by atoms with Gasteiger partial charge in [-0.15, -0.1) is 0 Å². The van der Waals surface area contributed by atoms with Crippen molar-refractivity contribution in [3.63, 3.8) is 0 Å². The van der Waals surface area contributed by atoms with Crippen LogP contribution in [0.5, 0.6) is 0 Å². The van der Waals surface area contributed by atoms with E-state index in [0.717, 1.165) is 24.8 Å². The second-order valence-electron chi connectivity index (χ2n) is 10.1. The molecule has 188 valence electrons. The molecule has 0 bridgehead atoms. The zero-order valence-electron chi connectivity index (χ0n) is 20.2. The molecule has 3 fully saturated rings. The summed E-state index contributed by atoms with van der Waals surface area (Å²) in [6, 6.07) is 6.51. The minimum atomic E-state index is -0.343. The number of carbonyl (C=O) groups excluding carboxylic acids is 2. The Balaban J connectivity index is 1.26. The first-order chi connectivity index (χ1) is 16.8. The van der Waals surface area contributed by atoms with Crippen molar-refractivity contribution in [1.29, 1.82) is 0 Å². The molecule has 9 nitrogen and oxygen atoms in total. The molecule has 0 radical (unpaired) electrons. The summed E-state index contributed by atoms with van der Waals surface area (Å²) in [5, 5.41) is 6.89. The van der Waals surface area contributed by atoms with Gasteiger partial charge in [-0.2, -0.15) is 4.98 Å². The largest absolute Gasteiger partial charge is 0.366 e. The van der Waals surface area contributed by atoms with Gasteiger partial charge in [0.25, 0.3) is 0 Å². The quantitative estimate of drug-likeness (QED) is 0.714. The Morgan fingerprint density at radius 1 is 1.17 bits per heavy atom. The van der Waals surface area contributed by atoms with Crippen LogP contribution in [-0.2, 0) is 21.4 Å². The summed E-state index contributed by atoms with van der Waals surface area (Å²) in [6.45, 7) is 6.42. The van der Waals surface area contributed by atoms with Crippen LogP contribution < -0.4 is 5.32 Å².